The molecule has 23 heavy (non-hydrogen) atoms. The van der Waals surface area contributed by atoms with Crippen LogP contribution in [0.25, 0.3) is 11.3 Å². The molecule has 0 spiro atoms. The van der Waals surface area contributed by atoms with E-state index in [-0.39, 0.29) is 17.4 Å². The topological polar surface area (TPSA) is 110 Å². The smallest absolute Gasteiger partial charge is 0.337 e. The molecule has 0 bridgehead atoms. The minimum absolute atomic E-state index is 0.0691. The van der Waals surface area contributed by atoms with E-state index in [0.29, 0.717) is 27.1 Å². The van der Waals surface area contributed by atoms with Crippen molar-refractivity contribution in [2.45, 2.75) is 19.9 Å². The molecule has 0 amide bonds. The van der Waals surface area contributed by atoms with E-state index in [9.17, 15) is 9.59 Å². The van der Waals surface area contributed by atoms with Gasteiger partial charge in [0.1, 0.15) is 4.60 Å². The molecule has 8 heteroatoms. The van der Waals surface area contributed by atoms with Crippen LogP contribution in [-0.4, -0.2) is 29.1 Å². The Morgan fingerprint density at radius 3 is 2.70 bits per heavy atom. The third-order valence-electron chi connectivity index (χ3n) is 2.96. The number of halogens is 1. The Hall–Kier alpha value is -2.35. The summed E-state index contributed by atoms with van der Waals surface area (Å²) in [5.41, 5.74) is 7.12. The Morgan fingerprint density at radius 1 is 1.39 bits per heavy atom. The minimum Gasteiger partial charge on any atom is -0.465 e. The lowest BCUT2D eigenvalue weighted by molar-refractivity contribution is 0.0601. The predicted molar refractivity (Wildman–Crippen MR) is 92.5 cm³/mol. The first kappa shape index (κ1) is 17.0. The highest BCUT2D eigenvalue weighted by Crippen LogP contribution is 2.27. The number of aromatic amines is 1. The SMILES string of the molecule is COC(=O)c1cc(N)cc(-c2[nH]c(=O)c(NC(C)C)nc2Br)c1. The van der Waals surface area contributed by atoms with Crippen LogP contribution in [0.5, 0.6) is 0 Å². The minimum atomic E-state index is -0.511. The first-order valence-electron chi connectivity index (χ1n) is 6.87. The van der Waals surface area contributed by atoms with Crippen LogP contribution in [0.1, 0.15) is 24.2 Å². The number of benzene rings is 1. The van der Waals surface area contributed by atoms with Gasteiger partial charge in [0.15, 0.2) is 5.82 Å². The molecule has 1 aromatic carbocycles. The van der Waals surface area contributed by atoms with Crippen molar-refractivity contribution < 1.29 is 9.53 Å². The van der Waals surface area contributed by atoms with Gasteiger partial charge in [-0.15, -0.1) is 0 Å². The Kier molecular flexibility index (Phi) is 5.05. The van der Waals surface area contributed by atoms with Crippen LogP contribution in [0, 0.1) is 0 Å². The highest BCUT2D eigenvalue weighted by Gasteiger charge is 2.14. The summed E-state index contributed by atoms with van der Waals surface area (Å²) in [5, 5.41) is 2.96. The molecule has 0 saturated heterocycles. The number of hydrogen-bond donors (Lipinski definition) is 3. The molecule has 0 aliphatic rings. The average molecular weight is 381 g/mol. The van der Waals surface area contributed by atoms with Gasteiger partial charge >= 0.3 is 5.97 Å². The van der Waals surface area contributed by atoms with E-state index in [1.54, 1.807) is 12.1 Å². The van der Waals surface area contributed by atoms with E-state index < -0.39 is 5.97 Å². The summed E-state index contributed by atoms with van der Waals surface area (Å²) in [6, 6.07) is 4.79. The van der Waals surface area contributed by atoms with Gasteiger partial charge in [0.05, 0.1) is 18.4 Å². The van der Waals surface area contributed by atoms with Crippen molar-refractivity contribution in [1.29, 1.82) is 0 Å². The maximum atomic E-state index is 12.1. The largest absolute Gasteiger partial charge is 0.465 e. The van der Waals surface area contributed by atoms with Gasteiger partial charge in [-0.25, -0.2) is 9.78 Å². The molecular formula is C15H17BrN4O3. The lowest BCUT2D eigenvalue weighted by atomic mass is 10.1. The highest BCUT2D eigenvalue weighted by molar-refractivity contribution is 9.10. The number of H-pyrrole nitrogens is 1. The fourth-order valence-corrected chi connectivity index (χ4v) is 2.53. The lowest BCUT2D eigenvalue weighted by Gasteiger charge is -2.11. The van der Waals surface area contributed by atoms with E-state index in [1.807, 2.05) is 13.8 Å². The molecular weight excluding hydrogens is 364 g/mol. The molecule has 0 unspecified atom stereocenters. The quantitative estimate of drug-likeness (QED) is 0.554. The van der Waals surface area contributed by atoms with Crippen LogP contribution in [-0.2, 0) is 4.74 Å². The monoisotopic (exact) mass is 380 g/mol. The van der Waals surface area contributed by atoms with Gasteiger partial charge in [-0.2, -0.15) is 0 Å². The van der Waals surface area contributed by atoms with Crippen molar-refractivity contribution >= 4 is 33.4 Å². The number of aromatic nitrogens is 2. The van der Waals surface area contributed by atoms with Crippen LogP contribution in [0.4, 0.5) is 11.5 Å². The molecule has 0 aliphatic carbocycles. The molecule has 0 fully saturated rings. The number of nitrogens with two attached hydrogens (primary N) is 1. The van der Waals surface area contributed by atoms with Gasteiger partial charge < -0.3 is 20.8 Å². The number of ether oxygens (including phenoxy) is 1. The number of methoxy groups -OCH3 is 1. The zero-order valence-electron chi connectivity index (χ0n) is 12.9. The summed E-state index contributed by atoms with van der Waals surface area (Å²) in [5.74, 6) is -0.296. The lowest BCUT2D eigenvalue weighted by Crippen LogP contribution is -2.21. The molecule has 122 valence electrons. The van der Waals surface area contributed by atoms with E-state index >= 15 is 0 Å². The summed E-state index contributed by atoms with van der Waals surface area (Å²) in [6.07, 6.45) is 0. The zero-order valence-corrected chi connectivity index (χ0v) is 14.5. The maximum Gasteiger partial charge on any atom is 0.337 e. The summed E-state index contributed by atoms with van der Waals surface area (Å²) in [4.78, 5) is 30.8. The number of esters is 1. The summed E-state index contributed by atoms with van der Waals surface area (Å²) in [7, 11) is 1.29. The second-order valence-electron chi connectivity index (χ2n) is 5.21. The van der Waals surface area contributed by atoms with Crippen molar-refractivity contribution in [2.75, 3.05) is 18.2 Å². The molecule has 0 radical (unpaired) electrons. The molecule has 4 N–H and O–H groups in total. The second kappa shape index (κ2) is 6.82. The average Bonchev–Trinajstić information content (AvgIpc) is 2.48. The maximum absolute atomic E-state index is 12.1. The zero-order chi connectivity index (χ0) is 17.1. The number of hydrogen-bond acceptors (Lipinski definition) is 6. The van der Waals surface area contributed by atoms with E-state index in [0.717, 1.165) is 0 Å². The van der Waals surface area contributed by atoms with Gasteiger partial charge in [-0.1, -0.05) is 0 Å². The second-order valence-corrected chi connectivity index (χ2v) is 5.97. The molecule has 0 aliphatic heterocycles. The Bertz CT molecular complexity index is 802. The number of nitrogens with zero attached hydrogens (tertiary/aromatic N) is 1. The number of nitrogens with one attached hydrogen (secondary N) is 2. The molecule has 7 nitrogen and oxygen atoms in total. The molecule has 1 aromatic heterocycles. The molecule has 1 heterocycles. The van der Waals surface area contributed by atoms with Crippen molar-refractivity contribution in [3.8, 4) is 11.3 Å². The van der Waals surface area contributed by atoms with Gasteiger partial charge in [0.25, 0.3) is 5.56 Å². The standard InChI is InChI=1S/C15H17BrN4O3/c1-7(2)18-13-14(21)19-11(12(16)20-13)8-4-9(15(22)23-3)6-10(17)5-8/h4-7H,17H2,1-3H3,(H,18,20)(H,19,21). The first-order chi connectivity index (χ1) is 10.8. The Morgan fingerprint density at radius 2 is 2.09 bits per heavy atom. The van der Waals surface area contributed by atoms with Crippen LogP contribution >= 0.6 is 15.9 Å². The summed E-state index contributed by atoms with van der Waals surface area (Å²) in [6.45, 7) is 3.81. The highest BCUT2D eigenvalue weighted by atomic mass is 79.9. The van der Waals surface area contributed by atoms with E-state index in [2.05, 4.69) is 31.2 Å². The molecule has 2 aromatic rings. The third kappa shape index (κ3) is 3.89. The van der Waals surface area contributed by atoms with Crippen LogP contribution in [0.3, 0.4) is 0 Å². The first-order valence-corrected chi connectivity index (χ1v) is 7.66. The van der Waals surface area contributed by atoms with Gasteiger partial charge in [0, 0.05) is 17.3 Å². The summed E-state index contributed by atoms with van der Waals surface area (Å²) >= 11 is 3.33. The van der Waals surface area contributed by atoms with Gasteiger partial charge in [-0.3, -0.25) is 4.79 Å². The third-order valence-corrected chi connectivity index (χ3v) is 3.53. The van der Waals surface area contributed by atoms with Gasteiger partial charge in [-0.05, 0) is 48.0 Å². The Labute approximate surface area is 141 Å². The molecule has 2 rings (SSSR count). The summed E-state index contributed by atoms with van der Waals surface area (Å²) < 4.78 is 5.13. The molecule has 0 saturated carbocycles. The molecule has 0 atom stereocenters. The van der Waals surface area contributed by atoms with E-state index in [4.69, 9.17) is 10.5 Å². The predicted octanol–water partition coefficient (Wildman–Crippen LogP) is 2.39. The van der Waals surface area contributed by atoms with Crippen molar-refractivity contribution in [1.82, 2.24) is 9.97 Å². The number of nitrogen functional groups attached to an aromatic ring is 1. The van der Waals surface area contributed by atoms with Crippen LogP contribution in [0.2, 0.25) is 0 Å². The Balaban J connectivity index is 2.54. The van der Waals surface area contributed by atoms with Crippen LogP contribution in [0.15, 0.2) is 27.6 Å². The van der Waals surface area contributed by atoms with Crippen LogP contribution < -0.4 is 16.6 Å². The number of carbonyl (C=O) groups is 1. The number of anilines is 2. The van der Waals surface area contributed by atoms with Gasteiger partial charge in [0.2, 0.25) is 0 Å². The fraction of sp³-hybridized carbons (Fsp3) is 0.267. The number of rotatable bonds is 4. The van der Waals surface area contributed by atoms with Crippen molar-refractivity contribution in [3.05, 3.63) is 38.7 Å². The van der Waals surface area contributed by atoms with E-state index in [1.165, 1.54) is 13.2 Å². The van der Waals surface area contributed by atoms with Crippen molar-refractivity contribution in [2.24, 2.45) is 0 Å². The van der Waals surface area contributed by atoms with Crippen molar-refractivity contribution in [3.63, 3.8) is 0 Å². The number of carbonyl (C=O) groups excluding carboxylic acids is 1. The normalized spacial score (nSPS) is 10.7. The fourth-order valence-electron chi connectivity index (χ4n) is 2.02.